The zero-order valence-corrected chi connectivity index (χ0v) is 15.5. The van der Waals surface area contributed by atoms with Crippen LogP contribution >= 0.6 is 0 Å². The van der Waals surface area contributed by atoms with E-state index in [1.807, 2.05) is 11.0 Å². The van der Waals surface area contributed by atoms with Crippen LogP contribution in [-0.2, 0) is 14.3 Å². The number of halogens is 1. The molecule has 1 saturated heterocycles. The zero-order chi connectivity index (χ0) is 18.7. The first-order chi connectivity index (χ1) is 12.5. The van der Waals surface area contributed by atoms with Gasteiger partial charge in [0.15, 0.2) is 0 Å². The molecule has 1 heterocycles. The number of carbonyl (C=O) groups is 2. The summed E-state index contributed by atoms with van der Waals surface area (Å²) in [5, 5.41) is 2.89. The lowest BCUT2D eigenvalue weighted by atomic mass is 9.83. The molecule has 0 aromatic heterocycles. The van der Waals surface area contributed by atoms with Gasteiger partial charge in [-0.1, -0.05) is 12.1 Å². The molecule has 142 valence electrons. The Morgan fingerprint density at radius 1 is 1.27 bits per heavy atom. The van der Waals surface area contributed by atoms with E-state index in [0.29, 0.717) is 38.2 Å². The molecule has 1 N–H and O–H groups in total. The maximum absolute atomic E-state index is 13.6. The Hall–Kier alpha value is -1.95. The number of amides is 2. The van der Waals surface area contributed by atoms with Crippen molar-refractivity contribution in [3.8, 4) is 0 Å². The van der Waals surface area contributed by atoms with Crippen LogP contribution in [0.3, 0.4) is 0 Å². The van der Waals surface area contributed by atoms with Crippen molar-refractivity contribution in [3.63, 3.8) is 0 Å². The van der Waals surface area contributed by atoms with Crippen LogP contribution in [0.15, 0.2) is 18.2 Å². The van der Waals surface area contributed by atoms with E-state index in [4.69, 9.17) is 4.74 Å². The lowest BCUT2D eigenvalue weighted by Crippen LogP contribution is -2.48. The third kappa shape index (κ3) is 4.41. The SMILES string of the molecule is COCCNC(=O)C1CC(c2ccc(F)c(C)c2)CN(C(=O)C2CC2)C1. The van der Waals surface area contributed by atoms with Crippen molar-refractivity contribution in [1.29, 1.82) is 0 Å². The minimum absolute atomic E-state index is 0.0424. The summed E-state index contributed by atoms with van der Waals surface area (Å²) >= 11 is 0. The molecule has 1 aromatic carbocycles. The Balaban J connectivity index is 1.75. The number of ether oxygens (including phenoxy) is 1. The first kappa shape index (κ1) is 18.8. The van der Waals surface area contributed by atoms with Crippen LogP contribution in [0.1, 0.15) is 36.3 Å². The van der Waals surface area contributed by atoms with Gasteiger partial charge in [-0.05, 0) is 43.4 Å². The van der Waals surface area contributed by atoms with Gasteiger partial charge in [0.2, 0.25) is 11.8 Å². The minimum Gasteiger partial charge on any atom is -0.383 e. The number of benzene rings is 1. The molecule has 1 aliphatic heterocycles. The number of methoxy groups -OCH3 is 1. The van der Waals surface area contributed by atoms with Gasteiger partial charge in [0.05, 0.1) is 12.5 Å². The van der Waals surface area contributed by atoms with Crippen molar-refractivity contribution in [2.45, 2.75) is 32.1 Å². The molecule has 0 radical (unpaired) electrons. The number of aryl methyl sites for hydroxylation is 1. The second kappa shape index (κ2) is 8.16. The predicted octanol–water partition coefficient (Wildman–Crippen LogP) is 2.24. The third-order valence-electron chi connectivity index (χ3n) is 5.32. The van der Waals surface area contributed by atoms with Gasteiger partial charge in [0.1, 0.15) is 5.82 Å². The minimum atomic E-state index is -0.251. The fourth-order valence-electron chi connectivity index (χ4n) is 3.64. The topological polar surface area (TPSA) is 58.6 Å². The van der Waals surface area contributed by atoms with E-state index < -0.39 is 0 Å². The maximum atomic E-state index is 13.6. The largest absolute Gasteiger partial charge is 0.383 e. The molecule has 3 rings (SSSR count). The highest BCUT2D eigenvalue weighted by molar-refractivity contribution is 5.83. The summed E-state index contributed by atoms with van der Waals surface area (Å²) in [4.78, 5) is 27.0. The number of likely N-dealkylation sites (tertiary alicyclic amines) is 1. The van der Waals surface area contributed by atoms with Crippen molar-refractivity contribution in [2.75, 3.05) is 33.4 Å². The number of nitrogens with zero attached hydrogens (tertiary/aromatic N) is 1. The van der Waals surface area contributed by atoms with Crippen molar-refractivity contribution in [3.05, 3.63) is 35.1 Å². The Morgan fingerprint density at radius 2 is 2.04 bits per heavy atom. The van der Waals surface area contributed by atoms with Gasteiger partial charge in [0.25, 0.3) is 0 Å². The van der Waals surface area contributed by atoms with Gasteiger partial charge in [-0.3, -0.25) is 9.59 Å². The molecular formula is C20H27FN2O3. The smallest absolute Gasteiger partial charge is 0.225 e. The first-order valence-electron chi connectivity index (χ1n) is 9.31. The van der Waals surface area contributed by atoms with Gasteiger partial charge >= 0.3 is 0 Å². The van der Waals surface area contributed by atoms with E-state index in [2.05, 4.69) is 5.32 Å². The molecule has 5 nitrogen and oxygen atoms in total. The van der Waals surface area contributed by atoms with Crippen molar-refractivity contribution < 1.29 is 18.7 Å². The highest BCUT2D eigenvalue weighted by atomic mass is 19.1. The van der Waals surface area contributed by atoms with Crippen molar-refractivity contribution >= 4 is 11.8 Å². The van der Waals surface area contributed by atoms with Gasteiger partial charge < -0.3 is 15.0 Å². The van der Waals surface area contributed by atoms with E-state index >= 15 is 0 Å². The Morgan fingerprint density at radius 3 is 2.69 bits per heavy atom. The quantitative estimate of drug-likeness (QED) is 0.790. The second-order valence-corrected chi connectivity index (χ2v) is 7.44. The summed E-state index contributed by atoms with van der Waals surface area (Å²) in [5.41, 5.74) is 1.58. The van der Waals surface area contributed by atoms with Gasteiger partial charge in [-0.15, -0.1) is 0 Å². The molecule has 1 saturated carbocycles. The molecule has 2 atom stereocenters. The fraction of sp³-hybridized carbons (Fsp3) is 0.600. The highest BCUT2D eigenvalue weighted by Crippen LogP contribution is 2.36. The number of piperidine rings is 1. The number of carbonyl (C=O) groups excluding carboxylic acids is 2. The average molecular weight is 362 g/mol. The Kier molecular flexibility index (Phi) is 5.91. The molecule has 2 unspecified atom stereocenters. The van der Waals surface area contributed by atoms with Crippen LogP contribution in [0.2, 0.25) is 0 Å². The monoisotopic (exact) mass is 362 g/mol. The van der Waals surface area contributed by atoms with Crippen LogP contribution in [0.4, 0.5) is 4.39 Å². The lowest BCUT2D eigenvalue weighted by molar-refractivity contribution is -0.137. The third-order valence-corrected chi connectivity index (χ3v) is 5.32. The van der Waals surface area contributed by atoms with E-state index in [-0.39, 0.29) is 35.4 Å². The van der Waals surface area contributed by atoms with E-state index in [9.17, 15) is 14.0 Å². The average Bonchev–Trinajstić information content (AvgIpc) is 3.48. The highest BCUT2D eigenvalue weighted by Gasteiger charge is 2.39. The summed E-state index contributed by atoms with van der Waals surface area (Å²) in [6.45, 7) is 3.73. The van der Waals surface area contributed by atoms with Crippen LogP contribution in [0.25, 0.3) is 0 Å². The molecule has 2 fully saturated rings. The molecular weight excluding hydrogens is 335 g/mol. The summed E-state index contributed by atoms with van der Waals surface area (Å²) in [7, 11) is 1.59. The summed E-state index contributed by atoms with van der Waals surface area (Å²) in [6, 6.07) is 5.09. The van der Waals surface area contributed by atoms with Crippen LogP contribution < -0.4 is 5.32 Å². The fourth-order valence-corrected chi connectivity index (χ4v) is 3.64. The van der Waals surface area contributed by atoms with Gasteiger partial charge in [-0.2, -0.15) is 0 Å². The molecule has 6 heteroatoms. The lowest BCUT2D eigenvalue weighted by Gasteiger charge is -2.37. The molecule has 0 spiro atoms. The number of rotatable bonds is 6. The Bertz CT molecular complexity index is 675. The summed E-state index contributed by atoms with van der Waals surface area (Å²) in [6.07, 6.45) is 2.55. The van der Waals surface area contributed by atoms with Crippen LogP contribution in [-0.4, -0.2) is 50.1 Å². The normalized spacial score (nSPS) is 23.0. The van der Waals surface area contributed by atoms with E-state index in [1.165, 1.54) is 6.07 Å². The van der Waals surface area contributed by atoms with Crippen molar-refractivity contribution in [1.82, 2.24) is 10.2 Å². The molecule has 1 aromatic rings. The molecule has 2 amide bonds. The van der Waals surface area contributed by atoms with Gasteiger partial charge in [0, 0.05) is 38.6 Å². The first-order valence-corrected chi connectivity index (χ1v) is 9.31. The summed E-state index contributed by atoms with van der Waals surface area (Å²) in [5.74, 6) is -0.199. The number of hydrogen-bond acceptors (Lipinski definition) is 3. The maximum Gasteiger partial charge on any atom is 0.225 e. The molecule has 26 heavy (non-hydrogen) atoms. The van der Waals surface area contributed by atoms with Crippen molar-refractivity contribution in [2.24, 2.45) is 11.8 Å². The summed E-state index contributed by atoms with van der Waals surface area (Å²) < 4.78 is 18.6. The zero-order valence-electron chi connectivity index (χ0n) is 15.5. The number of hydrogen-bond donors (Lipinski definition) is 1. The standard InChI is InChI=1S/C20H27FN2O3/c1-13-9-15(5-6-18(13)21)16-10-17(19(24)22-7-8-26-2)12-23(11-16)20(25)14-3-4-14/h5-6,9,14,16-17H,3-4,7-8,10-12H2,1-2H3,(H,22,24). The van der Waals surface area contributed by atoms with Crippen LogP contribution in [0, 0.1) is 24.6 Å². The number of nitrogens with one attached hydrogen (secondary N) is 1. The predicted molar refractivity (Wildman–Crippen MR) is 96.2 cm³/mol. The Labute approximate surface area is 153 Å². The van der Waals surface area contributed by atoms with Gasteiger partial charge in [-0.25, -0.2) is 4.39 Å². The molecule has 1 aliphatic carbocycles. The van der Waals surface area contributed by atoms with E-state index in [0.717, 1.165) is 18.4 Å². The van der Waals surface area contributed by atoms with Crippen LogP contribution in [0.5, 0.6) is 0 Å². The van der Waals surface area contributed by atoms with E-state index in [1.54, 1.807) is 20.1 Å². The molecule has 0 bridgehead atoms. The molecule has 2 aliphatic rings. The second-order valence-electron chi connectivity index (χ2n) is 7.44.